The molecule has 0 saturated heterocycles. The van der Waals surface area contributed by atoms with Crippen molar-refractivity contribution in [1.82, 2.24) is 0 Å². The van der Waals surface area contributed by atoms with Crippen LogP contribution < -0.4 is 10.2 Å². The quantitative estimate of drug-likeness (QED) is 0.508. The van der Waals surface area contributed by atoms with E-state index in [0.29, 0.717) is 37.4 Å². The normalized spacial score (nSPS) is 13.3. The van der Waals surface area contributed by atoms with E-state index in [1.807, 2.05) is 33.8 Å². The molecule has 1 aliphatic rings. The van der Waals surface area contributed by atoms with Gasteiger partial charge in [0.2, 0.25) is 0 Å². The van der Waals surface area contributed by atoms with Gasteiger partial charge < -0.3 is 14.8 Å². The van der Waals surface area contributed by atoms with Gasteiger partial charge in [-0.05, 0) is 88.3 Å². The standard InChI is InChI=1S/C27H35FN2O4/c1-6-33-24(31)14-12-19-11-13-22(16-23(19)28)29-17-21-10-9-20-8-7-15-30(25(20)18(21)2)26(32)34-27(3,4)5/h9-11,13,16,29H,6-8,12,14-15,17H2,1-5H3. The molecule has 0 radical (unpaired) electrons. The van der Waals surface area contributed by atoms with Gasteiger partial charge in [0.25, 0.3) is 0 Å². The number of nitrogens with zero attached hydrogens (tertiary/aromatic N) is 1. The molecule has 1 amide bonds. The van der Waals surface area contributed by atoms with Crippen molar-refractivity contribution in [1.29, 1.82) is 0 Å². The molecule has 2 aromatic rings. The number of hydrogen-bond acceptors (Lipinski definition) is 5. The van der Waals surface area contributed by atoms with E-state index in [-0.39, 0.29) is 24.3 Å². The molecule has 6 nitrogen and oxygen atoms in total. The first-order valence-corrected chi connectivity index (χ1v) is 11.9. The number of anilines is 2. The summed E-state index contributed by atoms with van der Waals surface area (Å²) in [5.74, 6) is -0.681. The summed E-state index contributed by atoms with van der Waals surface area (Å²) in [6, 6.07) is 9.07. The average Bonchev–Trinajstić information content (AvgIpc) is 2.76. The van der Waals surface area contributed by atoms with E-state index in [0.717, 1.165) is 35.2 Å². The molecule has 0 saturated carbocycles. The molecular formula is C27H35FN2O4. The Balaban J connectivity index is 1.71. The van der Waals surface area contributed by atoms with Gasteiger partial charge in [0.1, 0.15) is 11.4 Å². The van der Waals surface area contributed by atoms with Crippen LogP contribution in [0.5, 0.6) is 0 Å². The summed E-state index contributed by atoms with van der Waals surface area (Å²) < 4.78 is 25.1. The Bertz CT molecular complexity index is 1050. The lowest BCUT2D eigenvalue weighted by atomic mass is 9.95. The van der Waals surface area contributed by atoms with Crippen LogP contribution in [0.1, 0.15) is 62.8 Å². The van der Waals surface area contributed by atoms with Gasteiger partial charge in [0.05, 0.1) is 12.3 Å². The van der Waals surface area contributed by atoms with Crippen LogP contribution in [0, 0.1) is 12.7 Å². The molecular weight excluding hydrogens is 435 g/mol. The van der Waals surface area contributed by atoms with Crippen LogP contribution in [-0.2, 0) is 33.7 Å². The van der Waals surface area contributed by atoms with E-state index in [9.17, 15) is 14.0 Å². The molecule has 1 aliphatic heterocycles. The molecule has 34 heavy (non-hydrogen) atoms. The summed E-state index contributed by atoms with van der Waals surface area (Å²) in [5.41, 5.74) is 4.67. The maximum Gasteiger partial charge on any atom is 0.414 e. The third-order valence-corrected chi connectivity index (χ3v) is 5.78. The molecule has 0 spiro atoms. The highest BCUT2D eigenvalue weighted by molar-refractivity contribution is 5.91. The molecule has 0 atom stereocenters. The van der Waals surface area contributed by atoms with E-state index in [1.165, 1.54) is 6.07 Å². The Morgan fingerprint density at radius 2 is 1.88 bits per heavy atom. The summed E-state index contributed by atoms with van der Waals surface area (Å²) in [6.07, 6.45) is 1.93. The van der Waals surface area contributed by atoms with E-state index in [4.69, 9.17) is 9.47 Å². The third-order valence-electron chi connectivity index (χ3n) is 5.78. The van der Waals surface area contributed by atoms with Crippen molar-refractivity contribution in [2.24, 2.45) is 0 Å². The van der Waals surface area contributed by atoms with Gasteiger partial charge in [0.15, 0.2) is 0 Å². The zero-order chi connectivity index (χ0) is 24.9. The Hall–Kier alpha value is -3.09. The number of halogens is 1. The number of ether oxygens (including phenoxy) is 2. The molecule has 0 fully saturated rings. The Morgan fingerprint density at radius 3 is 2.56 bits per heavy atom. The van der Waals surface area contributed by atoms with Gasteiger partial charge in [-0.1, -0.05) is 18.2 Å². The number of carbonyl (C=O) groups is 2. The molecule has 1 heterocycles. The predicted molar refractivity (Wildman–Crippen MR) is 132 cm³/mol. The van der Waals surface area contributed by atoms with Crippen LogP contribution in [0.25, 0.3) is 0 Å². The zero-order valence-electron chi connectivity index (χ0n) is 20.8. The second kappa shape index (κ2) is 10.9. The van der Waals surface area contributed by atoms with Crippen LogP contribution in [0.3, 0.4) is 0 Å². The minimum atomic E-state index is -0.561. The van der Waals surface area contributed by atoms with E-state index >= 15 is 0 Å². The number of esters is 1. The SMILES string of the molecule is CCOC(=O)CCc1ccc(NCc2ccc3c(c2C)N(C(=O)OC(C)(C)C)CCC3)cc1F. The lowest BCUT2D eigenvalue weighted by Gasteiger charge is -2.33. The number of hydrogen-bond donors (Lipinski definition) is 1. The molecule has 0 bridgehead atoms. The van der Waals surface area contributed by atoms with Crippen LogP contribution in [0.15, 0.2) is 30.3 Å². The number of aryl methyl sites for hydroxylation is 2. The number of benzene rings is 2. The van der Waals surface area contributed by atoms with Gasteiger partial charge in [-0.3, -0.25) is 9.69 Å². The fraction of sp³-hybridized carbons (Fsp3) is 0.481. The Labute approximate surface area is 201 Å². The van der Waals surface area contributed by atoms with Gasteiger partial charge in [-0.25, -0.2) is 9.18 Å². The molecule has 184 valence electrons. The zero-order valence-corrected chi connectivity index (χ0v) is 20.8. The molecule has 0 aliphatic carbocycles. The van der Waals surface area contributed by atoms with Gasteiger partial charge in [-0.2, -0.15) is 0 Å². The molecule has 0 unspecified atom stereocenters. The lowest BCUT2D eigenvalue weighted by Crippen LogP contribution is -2.40. The first kappa shape index (κ1) is 25.5. The van der Waals surface area contributed by atoms with Crippen molar-refractivity contribution < 1.29 is 23.5 Å². The first-order chi connectivity index (χ1) is 16.1. The fourth-order valence-corrected chi connectivity index (χ4v) is 4.13. The van der Waals surface area contributed by atoms with E-state index in [2.05, 4.69) is 17.4 Å². The monoisotopic (exact) mass is 470 g/mol. The van der Waals surface area contributed by atoms with Crippen molar-refractivity contribution in [3.8, 4) is 0 Å². The first-order valence-electron chi connectivity index (χ1n) is 11.9. The van der Waals surface area contributed by atoms with E-state index < -0.39 is 5.60 Å². The summed E-state index contributed by atoms with van der Waals surface area (Å²) in [5, 5.41) is 3.28. The predicted octanol–water partition coefficient (Wildman–Crippen LogP) is 5.93. The molecule has 7 heteroatoms. The minimum absolute atomic E-state index is 0.153. The van der Waals surface area contributed by atoms with Crippen molar-refractivity contribution in [2.75, 3.05) is 23.4 Å². The van der Waals surface area contributed by atoms with Crippen molar-refractivity contribution >= 4 is 23.4 Å². The maximum absolute atomic E-state index is 14.5. The van der Waals surface area contributed by atoms with Crippen molar-refractivity contribution in [3.63, 3.8) is 0 Å². The Kier molecular flexibility index (Phi) is 8.18. The van der Waals surface area contributed by atoms with Gasteiger partial charge >= 0.3 is 12.1 Å². The average molecular weight is 471 g/mol. The van der Waals surface area contributed by atoms with Crippen LogP contribution in [0.2, 0.25) is 0 Å². The summed E-state index contributed by atoms with van der Waals surface area (Å²) >= 11 is 0. The molecule has 2 aromatic carbocycles. The number of fused-ring (bicyclic) bond motifs is 1. The number of rotatable bonds is 7. The maximum atomic E-state index is 14.5. The summed E-state index contributed by atoms with van der Waals surface area (Å²) in [6.45, 7) is 10.8. The number of carbonyl (C=O) groups excluding carboxylic acids is 2. The fourth-order valence-electron chi connectivity index (χ4n) is 4.13. The Morgan fingerprint density at radius 1 is 1.15 bits per heavy atom. The van der Waals surface area contributed by atoms with Crippen LogP contribution in [-0.4, -0.2) is 30.8 Å². The molecule has 3 rings (SSSR count). The number of nitrogens with one attached hydrogen (secondary N) is 1. The van der Waals surface area contributed by atoms with Crippen molar-refractivity contribution in [2.45, 2.75) is 72.4 Å². The second-order valence-corrected chi connectivity index (χ2v) is 9.56. The summed E-state index contributed by atoms with van der Waals surface area (Å²) in [4.78, 5) is 26.1. The van der Waals surface area contributed by atoms with E-state index in [1.54, 1.807) is 17.9 Å². The van der Waals surface area contributed by atoms with Crippen LogP contribution in [0.4, 0.5) is 20.6 Å². The van der Waals surface area contributed by atoms with Crippen LogP contribution >= 0.6 is 0 Å². The molecule has 1 N–H and O–H groups in total. The largest absolute Gasteiger partial charge is 0.466 e. The van der Waals surface area contributed by atoms with Crippen molar-refractivity contribution in [3.05, 3.63) is 58.4 Å². The topological polar surface area (TPSA) is 67.9 Å². The highest BCUT2D eigenvalue weighted by Gasteiger charge is 2.29. The second-order valence-electron chi connectivity index (χ2n) is 9.56. The molecule has 0 aromatic heterocycles. The van der Waals surface area contributed by atoms with Gasteiger partial charge in [0, 0.05) is 25.2 Å². The number of amides is 1. The summed E-state index contributed by atoms with van der Waals surface area (Å²) in [7, 11) is 0. The highest BCUT2D eigenvalue weighted by Crippen LogP contribution is 2.34. The minimum Gasteiger partial charge on any atom is -0.466 e. The third kappa shape index (κ3) is 6.49. The smallest absolute Gasteiger partial charge is 0.414 e. The highest BCUT2D eigenvalue weighted by atomic mass is 19.1. The lowest BCUT2D eigenvalue weighted by molar-refractivity contribution is -0.143. The van der Waals surface area contributed by atoms with Gasteiger partial charge in [-0.15, -0.1) is 0 Å².